The highest BCUT2D eigenvalue weighted by atomic mass is 16.7. The highest BCUT2D eigenvalue weighted by molar-refractivity contribution is 5.75. The Morgan fingerprint density at radius 2 is 1.72 bits per heavy atom. The molecule has 1 aliphatic heterocycles. The summed E-state index contributed by atoms with van der Waals surface area (Å²) in [7, 11) is 0. The number of carbonyl (C=O) groups is 1. The molecule has 0 N–H and O–H groups in total. The van der Waals surface area contributed by atoms with Gasteiger partial charge in [0.25, 0.3) is 0 Å². The monoisotopic (exact) mass is 256 g/mol. The van der Waals surface area contributed by atoms with E-state index in [9.17, 15) is 4.79 Å². The summed E-state index contributed by atoms with van der Waals surface area (Å²) in [6, 6.07) is 0. The lowest BCUT2D eigenvalue weighted by atomic mass is 9.98. The zero-order valence-corrected chi connectivity index (χ0v) is 12.5. The van der Waals surface area contributed by atoms with Gasteiger partial charge in [0, 0.05) is 26.2 Å². The van der Waals surface area contributed by atoms with E-state index in [0.717, 1.165) is 38.6 Å². The van der Waals surface area contributed by atoms with E-state index < -0.39 is 5.41 Å². The second-order valence-electron chi connectivity index (χ2n) is 6.58. The van der Waals surface area contributed by atoms with Crippen LogP contribution in [0, 0.1) is 11.3 Å². The third kappa shape index (κ3) is 5.36. The lowest BCUT2D eigenvalue weighted by Gasteiger charge is -2.34. The fraction of sp³-hybridized carbons (Fsp3) is 0.929. The first kappa shape index (κ1) is 15.4. The zero-order valence-electron chi connectivity index (χ0n) is 12.5. The van der Waals surface area contributed by atoms with Crippen molar-refractivity contribution in [1.29, 1.82) is 0 Å². The van der Waals surface area contributed by atoms with E-state index in [-0.39, 0.29) is 5.97 Å². The van der Waals surface area contributed by atoms with Crippen LogP contribution in [0.2, 0.25) is 0 Å². The lowest BCUT2D eigenvalue weighted by molar-refractivity contribution is -0.206. The molecule has 1 fully saturated rings. The van der Waals surface area contributed by atoms with Crippen molar-refractivity contribution in [3.8, 4) is 0 Å². The van der Waals surface area contributed by atoms with Crippen LogP contribution < -0.4 is 0 Å². The van der Waals surface area contributed by atoms with Crippen molar-refractivity contribution in [3.05, 3.63) is 0 Å². The van der Waals surface area contributed by atoms with Crippen LogP contribution in [0.3, 0.4) is 0 Å². The molecule has 0 saturated carbocycles. The topological polar surface area (TPSA) is 32.8 Å². The van der Waals surface area contributed by atoms with Crippen LogP contribution in [-0.2, 0) is 9.63 Å². The lowest BCUT2D eigenvalue weighted by Crippen LogP contribution is -2.48. The molecule has 106 valence electrons. The van der Waals surface area contributed by atoms with E-state index in [2.05, 4.69) is 18.7 Å². The second kappa shape index (κ2) is 6.53. The summed E-state index contributed by atoms with van der Waals surface area (Å²) >= 11 is 0. The molecule has 4 heteroatoms. The van der Waals surface area contributed by atoms with Crippen molar-refractivity contribution in [2.75, 3.05) is 32.7 Å². The molecular formula is C14H28N2O2. The quantitative estimate of drug-likeness (QED) is 0.771. The Balaban J connectivity index is 2.25. The average Bonchev–Trinajstić information content (AvgIpc) is 2.26. The van der Waals surface area contributed by atoms with Crippen LogP contribution in [0.25, 0.3) is 0 Å². The van der Waals surface area contributed by atoms with Gasteiger partial charge in [-0.2, -0.15) is 0 Å². The Hall–Kier alpha value is -0.610. The largest absolute Gasteiger partial charge is 0.367 e. The van der Waals surface area contributed by atoms with Crippen molar-refractivity contribution < 1.29 is 9.63 Å². The van der Waals surface area contributed by atoms with Crippen molar-refractivity contribution in [2.45, 2.75) is 41.0 Å². The van der Waals surface area contributed by atoms with Gasteiger partial charge in [-0.25, -0.2) is 4.79 Å². The van der Waals surface area contributed by atoms with Crippen molar-refractivity contribution >= 4 is 5.97 Å². The third-order valence-corrected chi connectivity index (χ3v) is 3.18. The van der Waals surface area contributed by atoms with Gasteiger partial charge in [0.1, 0.15) is 0 Å². The molecule has 0 amide bonds. The molecule has 0 aromatic carbocycles. The van der Waals surface area contributed by atoms with Crippen LogP contribution >= 0.6 is 0 Å². The van der Waals surface area contributed by atoms with Gasteiger partial charge in [-0.15, -0.1) is 5.06 Å². The SMILES string of the molecule is CC(C)CCN1CCN(OC(=O)C(C)(C)C)CC1. The Morgan fingerprint density at radius 3 is 2.17 bits per heavy atom. The minimum atomic E-state index is -0.422. The van der Waals surface area contributed by atoms with Crippen LogP contribution in [0.1, 0.15) is 41.0 Å². The van der Waals surface area contributed by atoms with Crippen LogP contribution in [-0.4, -0.2) is 48.7 Å². The molecule has 18 heavy (non-hydrogen) atoms. The molecule has 0 aromatic rings. The smallest absolute Gasteiger partial charge is 0.330 e. The molecule has 0 unspecified atom stereocenters. The number of rotatable bonds is 4. The van der Waals surface area contributed by atoms with Crippen LogP contribution in [0.15, 0.2) is 0 Å². The number of hydrogen-bond donors (Lipinski definition) is 0. The van der Waals surface area contributed by atoms with Crippen molar-refractivity contribution in [2.24, 2.45) is 11.3 Å². The predicted octanol–water partition coefficient (Wildman–Crippen LogP) is 2.15. The Bertz CT molecular complexity index is 263. The van der Waals surface area contributed by atoms with Gasteiger partial charge in [-0.3, -0.25) is 0 Å². The maximum atomic E-state index is 11.8. The van der Waals surface area contributed by atoms with E-state index in [1.165, 1.54) is 6.42 Å². The highest BCUT2D eigenvalue weighted by Crippen LogP contribution is 2.17. The zero-order chi connectivity index (χ0) is 13.8. The number of hydroxylamine groups is 2. The summed E-state index contributed by atoms with van der Waals surface area (Å²) < 4.78 is 0. The minimum Gasteiger partial charge on any atom is -0.367 e. The van der Waals surface area contributed by atoms with Gasteiger partial charge in [0.15, 0.2) is 0 Å². The molecule has 0 atom stereocenters. The average molecular weight is 256 g/mol. The summed E-state index contributed by atoms with van der Waals surface area (Å²) in [5.41, 5.74) is -0.422. The summed E-state index contributed by atoms with van der Waals surface area (Å²) in [4.78, 5) is 19.6. The molecule has 1 saturated heterocycles. The Labute approximate surface area is 111 Å². The number of piperazine rings is 1. The fourth-order valence-electron chi connectivity index (χ4n) is 1.74. The number of carbonyl (C=O) groups excluding carboxylic acids is 1. The molecule has 0 radical (unpaired) electrons. The molecule has 1 heterocycles. The summed E-state index contributed by atoms with van der Waals surface area (Å²) in [5, 5.41) is 1.81. The molecule has 0 bridgehead atoms. The van der Waals surface area contributed by atoms with E-state index in [0.29, 0.717) is 0 Å². The van der Waals surface area contributed by atoms with Gasteiger partial charge in [-0.05, 0) is 39.7 Å². The molecule has 4 nitrogen and oxygen atoms in total. The van der Waals surface area contributed by atoms with E-state index in [1.807, 2.05) is 20.8 Å². The third-order valence-electron chi connectivity index (χ3n) is 3.18. The van der Waals surface area contributed by atoms with Crippen LogP contribution in [0.5, 0.6) is 0 Å². The summed E-state index contributed by atoms with van der Waals surface area (Å²) in [6.07, 6.45) is 1.24. The van der Waals surface area contributed by atoms with E-state index in [4.69, 9.17) is 4.84 Å². The van der Waals surface area contributed by atoms with Crippen LogP contribution in [0.4, 0.5) is 0 Å². The first-order valence-electron chi connectivity index (χ1n) is 6.98. The van der Waals surface area contributed by atoms with Gasteiger partial charge < -0.3 is 9.74 Å². The highest BCUT2D eigenvalue weighted by Gasteiger charge is 2.27. The Kier molecular flexibility index (Phi) is 5.60. The van der Waals surface area contributed by atoms with Gasteiger partial charge >= 0.3 is 5.97 Å². The van der Waals surface area contributed by atoms with Crippen molar-refractivity contribution in [1.82, 2.24) is 9.96 Å². The van der Waals surface area contributed by atoms with Gasteiger partial charge in [0.2, 0.25) is 0 Å². The molecule has 1 rings (SSSR count). The molecule has 0 aromatic heterocycles. The minimum absolute atomic E-state index is 0.141. The molecule has 0 spiro atoms. The first-order chi connectivity index (χ1) is 8.29. The summed E-state index contributed by atoms with van der Waals surface area (Å²) in [5.74, 6) is 0.611. The predicted molar refractivity (Wildman–Crippen MR) is 73.0 cm³/mol. The normalized spacial score (nSPS) is 19.2. The second-order valence-corrected chi connectivity index (χ2v) is 6.58. The summed E-state index contributed by atoms with van der Waals surface area (Å²) in [6.45, 7) is 14.9. The Morgan fingerprint density at radius 1 is 1.17 bits per heavy atom. The number of nitrogens with zero attached hydrogens (tertiary/aromatic N) is 2. The van der Waals surface area contributed by atoms with Gasteiger partial charge in [-0.1, -0.05) is 13.8 Å². The molecule has 0 aliphatic carbocycles. The number of hydrogen-bond acceptors (Lipinski definition) is 4. The van der Waals surface area contributed by atoms with Gasteiger partial charge in [0.05, 0.1) is 5.41 Å². The maximum absolute atomic E-state index is 11.8. The maximum Gasteiger partial charge on any atom is 0.330 e. The first-order valence-corrected chi connectivity index (χ1v) is 6.98. The van der Waals surface area contributed by atoms with E-state index >= 15 is 0 Å². The van der Waals surface area contributed by atoms with Crippen molar-refractivity contribution in [3.63, 3.8) is 0 Å². The molecular weight excluding hydrogens is 228 g/mol. The van der Waals surface area contributed by atoms with E-state index in [1.54, 1.807) is 5.06 Å². The fourth-order valence-corrected chi connectivity index (χ4v) is 1.74. The molecule has 1 aliphatic rings. The standard InChI is InChI=1S/C14H28N2O2/c1-12(2)6-7-15-8-10-16(11-9-15)18-13(17)14(3,4)5/h12H,6-11H2,1-5H3.